The lowest BCUT2D eigenvalue weighted by atomic mass is 9.66. The van der Waals surface area contributed by atoms with Gasteiger partial charge in [0.2, 0.25) is 0 Å². The Hall–Kier alpha value is -2.93. The van der Waals surface area contributed by atoms with Gasteiger partial charge in [-0.3, -0.25) is 0 Å². The molecule has 228 valence electrons. The molecule has 12 heteroatoms. The third-order valence-electron chi connectivity index (χ3n) is 8.37. The Morgan fingerprint density at radius 1 is 1.05 bits per heavy atom. The average Bonchev–Trinajstić information content (AvgIpc) is 3.61. The molecule has 0 amide bonds. The molecule has 2 N–H and O–H groups in total. The second-order valence-corrected chi connectivity index (χ2v) is 13.1. The van der Waals surface area contributed by atoms with E-state index in [2.05, 4.69) is 39.9 Å². The second kappa shape index (κ2) is 12.4. The predicted molar refractivity (Wildman–Crippen MR) is 157 cm³/mol. The fourth-order valence-electron chi connectivity index (χ4n) is 6.48. The summed E-state index contributed by atoms with van der Waals surface area (Å²) >= 11 is 0. The first-order valence-corrected chi connectivity index (χ1v) is 16.6. The Labute approximate surface area is 246 Å². The molecule has 3 aromatic rings. The number of nitrogens with one attached hydrogen (secondary N) is 2. The Balaban J connectivity index is 0.000000972. The zero-order valence-corrected chi connectivity index (χ0v) is 26.0. The van der Waals surface area contributed by atoms with E-state index in [9.17, 15) is 17.2 Å². The molecule has 4 atom stereocenters. The quantitative estimate of drug-likeness (QED) is 0.385. The summed E-state index contributed by atoms with van der Waals surface area (Å²) in [6.07, 6.45) is 3.67. The minimum absolute atomic E-state index is 0.00707. The maximum absolute atomic E-state index is 14.5. The van der Waals surface area contributed by atoms with Crippen molar-refractivity contribution in [3.8, 4) is 11.3 Å². The molecule has 1 saturated heterocycles. The van der Waals surface area contributed by atoms with Crippen LogP contribution in [0.1, 0.15) is 95.7 Å². The molecule has 0 spiro atoms. The number of halogens is 2. The van der Waals surface area contributed by atoms with Crippen LogP contribution in [-0.4, -0.2) is 46.8 Å². The first kappa shape index (κ1) is 32.0. The summed E-state index contributed by atoms with van der Waals surface area (Å²) in [5.74, 6) is -0.833. The minimum atomic E-state index is -3.12. The number of hydrogen-bond donors (Lipinski definition) is 2. The first-order chi connectivity index (χ1) is 20.0. The normalized spacial score (nSPS) is 25.2. The largest absolute Gasteiger partial charge is 0.335 e. The molecule has 3 aliphatic rings. The van der Waals surface area contributed by atoms with Crippen LogP contribution in [0.3, 0.4) is 0 Å². The van der Waals surface area contributed by atoms with Crippen LogP contribution in [0.2, 0.25) is 0 Å². The molecule has 1 aromatic carbocycles. The summed E-state index contributed by atoms with van der Waals surface area (Å²) < 4.78 is 58.0. The number of ether oxygens (including phenoxy) is 1. The van der Waals surface area contributed by atoms with Crippen molar-refractivity contribution in [1.29, 1.82) is 0 Å². The van der Waals surface area contributed by atoms with Gasteiger partial charge in [0.05, 0.1) is 33.8 Å². The van der Waals surface area contributed by atoms with Crippen molar-refractivity contribution >= 4 is 9.84 Å². The van der Waals surface area contributed by atoms with E-state index in [0.717, 1.165) is 29.8 Å². The molecule has 42 heavy (non-hydrogen) atoms. The molecule has 1 saturated carbocycles. The maximum Gasteiger partial charge on any atom is 0.183 e. The molecule has 1 aliphatic heterocycles. The third kappa shape index (κ3) is 5.45. The highest BCUT2D eigenvalue weighted by Gasteiger charge is 2.65. The molecule has 9 nitrogen and oxygen atoms in total. The SMILES string of the molecule is CC.CC.CC1(C)[C@H]2CC[C@]1(c1ccnc(C3NNC(CCS(C)(=O)=O)O3)n1)c1nnc(-c3c(F)cccc3F)cc12. The van der Waals surface area contributed by atoms with Gasteiger partial charge in [-0.2, -0.15) is 5.10 Å². The fraction of sp³-hybridized carbons (Fsp3) is 0.533. The monoisotopic (exact) mass is 602 g/mol. The first-order valence-electron chi connectivity index (χ1n) is 14.5. The van der Waals surface area contributed by atoms with Crippen molar-refractivity contribution < 1.29 is 21.9 Å². The number of benzene rings is 1. The van der Waals surface area contributed by atoms with Crippen molar-refractivity contribution in [3.05, 3.63) is 70.9 Å². The number of sulfone groups is 1. The number of aromatic nitrogens is 4. The Bertz CT molecular complexity index is 1520. The molecule has 2 aliphatic carbocycles. The van der Waals surface area contributed by atoms with Crippen LogP contribution in [0.4, 0.5) is 8.78 Å². The summed E-state index contributed by atoms with van der Waals surface area (Å²) in [6.45, 7) is 12.3. The van der Waals surface area contributed by atoms with Crippen LogP contribution < -0.4 is 10.9 Å². The van der Waals surface area contributed by atoms with E-state index in [-0.39, 0.29) is 34.8 Å². The molecule has 6 rings (SSSR count). The van der Waals surface area contributed by atoms with Crippen LogP contribution in [0.25, 0.3) is 11.3 Å². The summed E-state index contributed by atoms with van der Waals surface area (Å²) in [6, 6.07) is 7.41. The van der Waals surface area contributed by atoms with Crippen LogP contribution in [0.15, 0.2) is 36.5 Å². The molecule has 2 bridgehead atoms. The highest BCUT2D eigenvalue weighted by Crippen LogP contribution is 2.69. The number of hydrazine groups is 1. The lowest BCUT2D eigenvalue weighted by molar-refractivity contribution is 0.0283. The van der Waals surface area contributed by atoms with E-state index in [1.165, 1.54) is 24.5 Å². The summed E-state index contributed by atoms with van der Waals surface area (Å²) in [4.78, 5) is 9.32. The molecule has 0 radical (unpaired) electrons. The minimum Gasteiger partial charge on any atom is -0.335 e. The van der Waals surface area contributed by atoms with Gasteiger partial charge in [-0.15, -0.1) is 5.10 Å². The van der Waals surface area contributed by atoms with Crippen molar-refractivity contribution in [1.82, 2.24) is 31.0 Å². The molecule has 2 unspecified atom stereocenters. The van der Waals surface area contributed by atoms with Gasteiger partial charge < -0.3 is 4.74 Å². The topological polar surface area (TPSA) is 119 Å². The molecular formula is C30H40F2N6O3S. The summed E-state index contributed by atoms with van der Waals surface area (Å²) in [7, 11) is -3.12. The van der Waals surface area contributed by atoms with Crippen molar-refractivity contribution in [2.75, 3.05) is 12.0 Å². The molecule has 2 fully saturated rings. The van der Waals surface area contributed by atoms with Crippen molar-refractivity contribution in [2.24, 2.45) is 5.41 Å². The van der Waals surface area contributed by atoms with E-state index >= 15 is 0 Å². The zero-order valence-electron chi connectivity index (χ0n) is 25.2. The highest BCUT2D eigenvalue weighted by atomic mass is 32.2. The van der Waals surface area contributed by atoms with Gasteiger partial charge in [-0.25, -0.2) is 38.0 Å². The van der Waals surface area contributed by atoms with Crippen LogP contribution in [0, 0.1) is 17.0 Å². The number of fused-ring (bicyclic) bond motifs is 5. The molecular weight excluding hydrogens is 562 g/mol. The van der Waals surface area contributed by atoms with Crippen molar-refractivity contribution in [3.63, 3.8) is 0 Å². The summed E-state index contributed by atoms with van der Waals surface area (Å²) in [5, 5.41) is 8.85. The van der Waals surface area contributed by atoms with Gasteiger partial charge in [0.1, 0.15) is 27.7 Å². The van der Waals surface area contributed by atoms with E-state index in [0.29, 0.717) is 5.82 Å². The Kier molecular flexibility index (Phi) is 9.41. The van der Waals surface area contributed by atoms with Gasteiger partial charge in [0.25, 0.3) is 0 Å². The average molecular weight is 603 g/mol. The predicted octanol–water partition coefficient (Wildman–Crippen LogP) is 5.35. The lowest BCUT2D eigenvalue weighted by Gasteiger charge is -2.37. The standard InChI is InChI=1S/C26H28F2N6O3S.2C2H6/c1-25(2)15-7-10-26(25,22-14(15)13-18(31-33-22)21-16(27)5-4-6-17(21)28)19-8-11-29-23(30-19)24-34-32-20(37-24)9-12-38(3,35)36;2*1-2/h4-6,8,11,13,15,20,24,32,34H,7,9-10,12H2,1-3H3;2*1-2H3/t15-,20?,24?,26-;;/m0../s1. The lowest BCUT2D eigenvalue weighted by Crippen LogP contribution is -2.38. The Morgan fingerprint density at radius 2 is 1.74 bits per heavy atom. The zero-order chi connectivity index (χ0) is 30.9. The molecule has 3 heterocycles. The van der Waals surface area contributed by atoms with Gasteiger partial charge in [-0.1, -0.05) is 47.6 Å². The van der Waals surface area contributed by atoms with Crippen LogP contribution in [0.5, 0.6) is 0 Å². The summed E-state index contributed by atoms with van der Waals surface area (Å²) in [5.41, 5.74) is 7.60. The van der Waals surface area contributed by atoms with Crippen LogP contribution in [-0.2, 0) is 20.0 Å². The maximum atomic E-state index is 14.5. The second-order valence-electron chi connectivity index (χ2n) is 10.9. The number of hydrogen-bond acceptors (Lipinski definition) is 9. The van der Waals surface area contributed by atoms with E-state index in [4.69, 9.17) is 9.72 Å². The van der Waals surface area contributed by atoms with E-state index in [1.54, 1.807) is 12.3 Å². The molecule has 2 aromatic heterocycles. The van der Waals surface area contributed by atoms with E-state index in [1.807, 2.05) is 33.8 Å². The highest BCUT2D eigenvalue weighted by molar-refractivity contribution is 7.90. The van der Waals surface area contributed by atoms with E-state index < -0.39 is 39.3 Å². The van der Waals surface area contributed by atoms with Crippen molar-refractivity contribution in [2.45, 2.75) is 84.6 Å². The van der Waals surface area contributed by atoms with Gasteiger partial charge in [-0.05, 0) is 54.0 Å². The smallest absolute Gasteiger partial charge is 0.183 e. The third-order valence-corrected chi connectivity index (χ3v) is 9.35. The van der Waals surface area contributed by atoms with Crippen LogP contribution >= 0.6 is 0 Å². The Morgan fingerprint density at radius 3 is 2.40 bits per heavy atom. The fourth-order valence-corrected chi connectivity index (χ4v) is 7.12. The number of nitrogens with zero attached hydrogens (tertiary/aromatic N) is 4. The van der Waals surface area contributed by atoms with Gasteiger partial charge in [0.15, 0.2) is 12.1 Å². The van der Waals surface area contributed by atoms with Gasteiger partial charge >= 0.3 is 0 Å². The van der Waals surface area contributed by atoms with Gasteiger partial charge in [0, 0.05) is 18.9 Å². The number of rotatable bonds is 6.